The molecule has 0 spiro atoms. The lowest BCUT2D eigenvalue weighted by molar-refractivity contribution is -0.167. The van der Waals surface area contributed by atoms with Gasteiger partial charge in [0, 0.05) is 19.3 Å². The van der Waals surface area contributed by atoms with Gasteiger partial charge in [0.1, 0.15) is 13.2 Å². The molecule has 0 aliphatic rings. The van der Waals surface area contributed by atoms with Crippen molar-refractivity contribution in [2.24, 2.45) is 0 Å². The number of carbonyl (C=O) groups is 3. The summed E-state index contributed by atoms with van der Waals surface area (Å²) in [5, 5.41) is 0. The number of ether oxygens (including phenoxy) is 3. The Morgan fingerprint density at radius 1 is 0.273 bits per heavy atom. The van der Waals surface area contributed by atoms with E-state index in [0.29, 0.717) is 19.3 Å². The molecular weight excluding hydrogens is 949 g/mol. The summed E-state index contributed by atoms with van der Waals surface area (Å²) in [5.74, 6) is -0.850. The smallest absolute Gasteiger partial charge is 0.306 e. The number of unbranched alkanes of at least 4 members (excludes halogenated alkanes) is 38. The number of carbonyl (C=O) groups excluding carboxylic acids is 3. The maximum atomic E-state index is 12.9. The van der Waals surface area contributed by atoms with Crippen LogP contribution in [0.15, 0.2) is 72.9 Å². The molecule has 0 amide bonds. The molecule has 0 N–H and O–H groups in total. The second kappa shape index (κ2) is 65.4. The maximum Gasteiger partial charge on any atom is 0.306 e. The van der Waals surface area contributed by atoms with Crippen molar-refractivity contribution in [1.29, 1.82) is 0 Å². The molecule has 0 aromatic heterocycles. The number of allylic oxidation sites excluding steroid dienone is 12. The summed E-state index contributed by atoms with van der Waals surface area (Å²) in [4.78, 5) is 38.2. The predicted octanol–water partition coefficient (Wildman–Crippen LogP) is 22.9. The van der Waals surface area contributed by atoms with Gasteiger partial charge in [-0.05, 0) is 70.6 Å². The first-order valence-electron chi connectivity index (χ1n) is 33.4. The zero-order chi connectivity index (χ0) is 55.7. The van der Waals surface area contributed by atoms with Gasteiger partial charge in [0.2, 0.25) is 0 Å². The van der Waals surface area contributed by atoms with Gasteiger partial charge >= 0.3 is 17.9 Å². The minimum Gasteiger partial charge on any atom is -0.462 e. The van der Waals surface area contributed by atoms with E-state index in [2.05, 4.69) is 93.7 Å². The quantitative estimate of drug-likeness (QED) is 0.0261. The highest BCUT2D eigenvalue weighted by Gasteiger charge is 2.19. The first-order chi connectivity index (χ1) is 38.0. The highest BCUT2D eigenvalue weighted by molar-refractivity contribution is 5.71. The van der Waals surface area contributed by atoms with Crippen molar-refractivity contribution in [3.8, 4) is 0 Å². The fourth-order valence-electron chi connectivity index (χ4n) is 9.74. The average molecular weight is 1080 g/mol. The molecule has 0 aromatic rings. The average Bonchev–Trinajstić information content (AvgIpc) is 3.43. The normalized spacial score (nSPS) is 12.5. The molecule has 0 aliphatic heterocycles. The van der Waals surface area contributed by atoms with Crippen LogP contribution in [-0.2, 0) is 28.6 Å². The molecular formula is C71H126O6. The number of hydrogen-bond acceptors (Lipinski definition) is 6. The van der Waals surface area contributed by atoms with Gasteiger partial charge in [0.05, 0.1) is 0 Å². The maximum absolute atomic E-state index is 12.9. The van der Waals surface area contributed by atoms with Gasteiger partial charge < -0.3 is 14.2 Å². The van der Waals surface area contributed by atoms with Crippen molar-refractivity contribution in [2.45, 2.75) is 348 Å². The largest absolute Gasteiger partial charge is 0.462 e. The molecule has 1 unspecified atom stereocenters. The highest BCUT2D eigenvalue weighted by Crippen LogP contribution is 2.18. The molecule has 0 aliphatic carbocycles. The van der Waals surface area contributed by atoms with Gasteiger partial charge in [-0.1, -0.05) is 325 Å². The van der Waals surface area contributed by atoms with Crippen molar-refractivity contribution in [1.82, 2.24) is 0 Å². The lowest BCUT2D eigenvalue weighted by Crippen LogP contribution is -2.30. The van der Waals surface area contributed by atoms with Gasteiger partial charge in [-0.3, -0.25) is 14.4 Å². The fourth-order valence-corrected chi connectivity index (χ4v) is 9.74. The van der Waals surface area contributed by atoms with Crippen LogP contribution in [-0.4, -0.2) is 37.2 Å². The van der Waals surface area contributed by atoms with Crippen molar-refractivity contribution in [2.75, 3.05) is 13.2 Å². The Morgan fingerprint density at radius 2 is 0.506 bits per heavy atom. The Kier molecular flexibility index (Phi) is 62.7. The molecule has 6 heteroatoms. The first-order valence-corrected chi connectivity index (χ1v) is 33.4. The van der Waals surface area contributed by atoms with Crippen molar-refractivity contribution >= 4 is 17.9 Å². The lowest BCUT2D eigenvalue weighted by atomic mass is 10.0. The lowest BCUT2D eigenvalue weighted by Gasteiger charge is -2.18. The van der Waals surface area contributed by atoms with Crippen LogP contribution in [0.2, 0.25) is 0 Å². The van der Waals surface area contributed by atoms with Crippen LogP contribution in [0.5, 0.6) is 0 Å². The summed E-state index contributed by atoms with van der Waals surface area (Å²) in [7, 11) is 0. The number of rotatable bonds is 61. The molecule has 6 nitrogen and oxygen atoms in total. The summed E-state index contributed by atoms with van der Waals surface area (Å²) < 4.78 is 16.9. The van der Waals surface area contributed by atoms with E-state index in [-0.39, 0.29) is 31.1 Å². The highest BCUT2D eigenvalue weighted by atomic mass is 16.6. The van der Waals surface area contributed by atoms with E-state index in [1.807, 2.05) is 0 Å². The van der Waals surface area contributed by atoms with E-state index in [1.54, 1.807) is 0 Å². The summed E-state index contributed by atoms with van der Waals surface area (Å²) in [6.07, 6.45) is 85.1. The molecule has 0 saturated heterocycles. The zero-order valence-electron chi connectivity index (χ0n) is 51.2. The van der Waals surface area contributed by atoms with E-state index in [0.717, 1.165) is 96.3 Å². The van der Waals surface area contributed by atoms with Gasteiger partial charge in [0.25, 0.3) is 0 Å². The van der Waals surface area contributed by atoms with Crippen LogP contribution >= 0.6 is 0 Å². The molecule has 0 aromatic carbocycles. The van der Waals surface area contributed by atoms with Crippen LogP contribution in [0.1, 0.15) is 342 Å². The van der Waals surface area contributed by atoms with Gasteiger partial charge in [0.15, 0.2) is 6.10 Å². The van der Waals surface area contributed by atoms with Crippen molar-refractivity contribution in [3.63, 3.8) is 0 Å². The van der Waals surface area contributed by atoms with E-state index in [1.165, 1.54) is 205 Å². The topological polar surface area (TPSA) is 78.9 Å². The molecule has 0 bridgehead atoms. The summed E-state index contributed by atoms with van der Waals surface area (Å²) in [6.45, 7) is 6.55. The van der Waals surface area contributed by atoms with Crippen LogP contribution < -0.4 is 0 Å². The number of hydrogen-bond donors (Lipinski definition) is 0. The van der Waals surface area contributed by atoms with Gasteiger partial charge in [-0.15, -0.1) is 0 Å². The van der Waals surface area contributed by atoms with Gasteiger partial charge in [-0.25, -0.2) is 0 Å². The third-order valence-corrected chi connectivity index (χ3v) is 14.7. The third-order valence-electron chi connectivity index (χ3n) is 14.7. The van der Waals surface area contributed by atoms with E-state index >= 15 is 0 Å². The molecule has 0 fully saturated rings. The first kappa shape index (κ1) is 73.8. The zero-order valence-corrected chi connectivity index (χ0v) is 51.2. The second-order valence-corrected chi connectivity index (χ2v) is 22.4. The van der Waals surface area contributed by atoms with Gasteiger partial charge in [-0.2, -0.15) is 0 Å². The van der Waals surface area contributed by atoms with Crippen LogP contribution in [0, 0.1) is 0 Å². The van der Waals surface area contributed by atoms with E-state index in [9.17, 15) is 14.4 Å². The summed E-state index contributed by atoms with van der Waals surface area (Å²) >= 11 is 0. The Morgan fingerprint density at radius 3 is 0.792 bits per heavy atom. The summed E-state index contributed by atoms with van der Waals surface area (Å²) in [5.41, 5.74) is 0. The summed E-state index contributed by atoms with van der Waals surface area (Å²) in [6, 6.07) is 0. The van der Waals surface area contributed by atoms with Crippen LogP contribution in [0.3, 0.4) is 0 Å². The predicted molar refractivity (Wildman–Crippen MR) is 335 cm³/mol. The third kappa shape index (κ3) is 63.6. The Hall–Kier alpha value is -3.15. The minimum absolute atomic E-state index is 0.0678. The molecule has 0 rings (SSSR count). The second-order valence-electron chi connectivity index (χ2n) is 22.4. The van der Waals surface area contributed by atoms with E-state index < -0.39 is 6.10 Å². The number of esters is 3. The molecule has 0 heterocycles. The molecule has 1 atom stereocenters. The molecule has 0 saturated carbocycles. The van der Waals surface area contributed by atoms with Crippen molar-refractivity contribution in [3.05, 3.63) is 72.9 Å². The Balaban J connectivity index is 4.04. The monoisotopic (exact) mass is 1070 g/mol. The Bertz CT molecular complexity index is 1420. The SMILES string of the molecule is CC/C=C\C/C=C\C/C=C\C/C=C\C/C=C\C/C=C\CCCCCCCCCCCCCCCCCCC(=O)OCC(COC(=O)CCCCCCCCCCCC)OC(=O)CCCCCCCCCCCCCCCC. The van der Waals surface area contributed by atoms with Crippen LogP contribution in [0.25, 0.3) is 0 Å². The van der Waals surface area contributed by atoms with E-state index in [4.69, 9.17) is 14.2 Å². The molecule has 77 heavy (non-hydrogen) atoms. The van der Waals surface area contributed by atoms with Crippen LogP contribution in [0.4, 0.5) is 0 Å². The minimum atomic E-state index is -0.768. The fraction of sp³-hybridized carbons (Fsp3) is 0.789. The molecule has 0 radical (unpaired) electrons. The van der Waals surface area contributed by atoms with Crippen molar-refractivity contribution < 1.29 is 28.6 Å². The standard InChI is InChI=1S/C71H126O6/c1-4-7-10-13-16-19-22-24-26-27-28-29-30-31-32-33-34-35-36-37-38-39-40-41-42-43-44-45-46-48-49-52-55-58-61-64-70(73)76-67-68(66-75-69(72)63-60-57-54-51-21-18-15-12-9-6-3)77-71(74)65-62-59-56-53-50-47-25-23-20-17-14-11-8-5-2/h7,10,16,19,24,26,28-29,31-32,34-35,68H,4-6,8-9,11-15,17-18,20-23,25,27,30,33,36-67H2,1-3H3/b10-7-,19-16-,26-24-,29-28-,32-31-,35-34-. The molecule has 446 valence electrons. The Labute approximate surface area is 478 Å².